The summed E-state index contributed by atoms with van der Waals surface area (Å²) in [5, 5.41) is 26.5. The van der Waals surface area contributed by atoms with Crippen molar-refractivity contribution >= 4 is 0 Å². The van der Waals surface area contributed by atoms with Crippen LogP contribution in [0.3, 0.4) is 0 Å². The highest BCUT2D eigenvalue weighted by molar-refractivity contribution is 5.13. The third kappa shape index (κ3) is 3.16. The molecule has 86 valence electrons. The van der Waals surface area contributed by atoms with E-state index in [1.54, 1.807) is 7.05 Å². The number of piperazine rings is 1. The highest BCUT2D eigenvalue weighted by Gasteiger charge is 2.28. The van der Waals surface area contributed by atoms with E-state index in [0.717, 1.165) is 0 Å². The van der Waals surface area contributed by atoms with Gasteiger partial charge in [-0.05, 0) is 0 Å². The zero-order chi connectivity index (χ0) is 12.7. The molecule has 6 heteroatoms. The van der Waals surface area contributed by atoms with Crippen LogP contribution in [-0.2, 0) is 0 Å². The lowest BCUT2D eigenvalue weighted by molar-refractivity contribution is 0.125. The first kappa shape index (κ1) is 12.9. The molecule has 6 nitrogen and oxygen atoms in total. The maximum absolute atomic E-state index is 8.94. The first-order valence-electron chi connectivity index (χ1n) is 5.28. The SMILES string of the molecule is C[N+]#CC(C#N)N1CCN(C(C#N)C#N)CC1. The van der Waals surface area contributed by atoms with Gasteiger partial charge in [-0.15, -0.1) is 0 Å². The minimum atomic E-state index is -0.693. The molecule has 1 heterocycles. The van der Waals surface area contributed by atoms with Crippen molar-refractivity contribution in [2.75, 3.05) is 33.2 Å². The smallest absolute Gasteiger partial charge is 0.274 e. The van der Waals surface area contributed by atoms with E-state index in [2.05, 4.69) is 17.0 Å². The van der Waals surface area contributed by atoms with Crippen molar-refractivity contribution in [3.05, 3.63) is 4.85 Å². The molecule has 0 saturated carbocycles. The van der Waals surface area contributed by atoms with E-state index in [1.165, 1.54) is 0 Å². The topological polar surface area (TPSA) is 82.2 Å². The van der Waals surface area contributed by atoms with E-state index in [1.807, 2.05) is 21.9 Å². The van der Waals surface area contributed by atoms with Gasteiger partial charge < -0.3 is 0 Å². The zero-order valence-electron chi connectivity index (χ0n) is 9.67. The van der Waals surface area contributed by atoms with Crippen LogP contribution in [0, 0.1) is 40.1 Å². The van der Waals surface area contributed by atoms with Gasteiger partial charge in [0, 0.05) is 26.2 Å². The average Bonchev–Trinajstić information content (AvgIpc) is 2.38. The van der Waals surface area contributed by atoms with Gasteiger partial charge in [0.15, 0.2) is 6.04 Å². The molecule has 17 heavy (non-hydrogen) atoms. The third-order valence-electron chi connectivity index (χ3n) is 2.70. The van der Waals surface area contributed by atoms with E-state index in [0.29, 0.717) is 26.2 Å². The molecule has 1 rings (SSSR count). The van der Waals surface area contributed by atoms with Crippen LogP contribution in [-0.4, -0.2) is 55.1 Å². The maximum atomic E-state index is 8.94. The summed E-state index contributed by atoms with van der Waals surface area (Å²) in [5.74, 6) is 0. The van der Waals surface area contributed by atoms with Gasteiger partial charge >= 0.3 is 6.07 Å². The number of hydrogen-bond donors (Lipinski definition) is 0. The second-order valence-corrected chi connectivity index (χ2v) is 3.62. The molecule has 0 amide bonds. The highest BCUT2D eigenvalue weighted by atomic mass is 15.3. The van der Waals surface area contributed by atoms with Crippen molar-refractivity contribution in [1.29, 1.82) is 15.8 Å². The molecule has 0 radical (unpaired) electrons. The van der Waals surface area contributed by atoms with Crippen molar-refractivity contribution in [1.82, 2.24) is 9.80 Å². The van der Waals surface area contributed by atoms with Crippen LogP contribution in [0.25, 0.3) is 4.85 Å². The summed E-state index contributed by atoms with van der Waals surface area (Å²) < 4.78 is 0. The third-order valence-corrected chi connectivity index (χ3v) is 2.70. The molecular weight excluding hydrogens is 216 g/mol. The molecule has 0 aromatic heterocycles. The minimum Gasteiger partial charge on any atom is -0.274 e. The molecule has 0 spiro atoms. The summed E-state index contributed by atoms with van der Waals surface area (Å²) in [6, 6.07) is 7.60. The van der Waals surface area contributed by atoms with Crippen LogP contribution in [0.15, 0.2) is 0 Å². The number of hydrogen-bond acceptors (Lipinski definition) is 5. The summed E-state index contributed by atoms with van der Waals surface area (Å²) in [5.41, 5.74) is 0. The summed E-state index contributed by atoms with van der Waals surface area (Å²) in [4.78, 5) is 7.49. The van der Waals surface area contributed by atoms with Crippen molar-refractivity contribution in [2.24, 2.45) is 0 Å². The van der Waals surface area contributed by atoms with Crippen molar-refractivity contribution in [3.8, 4) is 24.3 Å². The monoisotopic (exact) mass is 229 g/mol. The maximum Gasteiger partial charge on any atom is 0.307 e. The normalized spacial score (nSPS) is 18.3. The Balaban J connectivity index is 2.57. The summed E-state index contributed by atoms with van der Waals surface area (Å²) in [6.07, 6.45) is 0. The van der Waals surface area contributed by atoms with Crippen molar-refractivity contribution < 1.29 is 0 Å². The minimum absolute atomic E-state index is 0.440. The Morgan fingerprint density at radius 2 is 1.29 bits per heavy atom. The van der Waals surface area contributed by atoms with Crippen LogP contribution in [0.5, 0.6) is 0 Å². The van der Waals surface area contributed by atoms with Crippen LogP contribution >= 0.6 is 0 Å². The van der Waals surface area contributed by atoms with E-state index in [-0.39, 0.29) is 0 Å². The van der Waals surface area contributed by atoms with E-state index in [4.69, 9.17) is 15.8 Å². The molecule has 0 aromatic carbocycles. The Morgan fingerprint density at radius 1 is 0.882 bits per heavy atom. The molecule has 1 atom stereocenters. The fraction of sp³-hybridized carbons (Fsp3) is 0.636. The molecule has 0 N–H and O–H groups in total. The van der Waals surface area contributed by atoms with E-state index < -0.39 is 12.1 Å². The summed E-state index contributed by atoms with van der Waals surface area (Å²) >= 11 is 0. The Labute approximate surface area is 101 Å². The Kier molecular flexibility index (Phi) is 4.92. The highest BCUT2D eigenvalue weighted by Crippen LogP contribution is 2.08. The lowest BCUT2D eigenvalue weighted by Gasteiger charge is -2.34. The Morgan fingerprint density at radius 3 is 1.65 bits per heavy atom. The molecule has 1 fully saturated rings. The van der Waals surface area contributed by atoms with Gasteiger partial charge in [0.05, 0.1) is 12.1 Å². The summed E-state index contributed by atoms with van der Waals surface area (Å²) in [7, 11) is 1.59. The number of nitriles is 3. The lowest BCUT2D eigenvalue weighted by Crippen LogP contribution is -2.52. The van der Waals surface area contributed by atoms with Gasteiger partial charge in [-0.1, -0.05) is 4.85 Å². The van der Waals surface area contributed by atoms with Crippen molar-refractivity contribution in [3.63, 3.8) is 0 Å². The van der Waals surface area contributed by atoms with E-state index in [9.17, 15) is 0 Å². The van der Waals surface area contributed by atoms with E-state index >= 15 is 0 Å². The van der Waals surface area contributed by atoms with Gasteiger partial charge in [-0.25, -0.2) is 0 Å². The second kappa shape index (κ2) is 6.46. The molecule has 1 aliphatic heterocycles. The predicted octanol–water partition coefficient (Wildman–Crippen LogP) is -0.125. The molecule has 1 unspecified atom stereocenters. The lowest BCUT2D eigenvalue weighted by atomic mass is 10.2. The second-order valence-electron chi connectivity index (χ2n) is 3.62. The first-order valence-corrected chi connectivity index (χ1v) is 5.28. The van der Waals surface area contributed by atoms with Gasteiger partial charge in [-0.2, -0.15) is 15.8 Å². The first-order chi connectivity index (χ1) is 8.26. The standard InChI is InChI=1S/C11H13N6/c1-15-9-11(8-14)17-4-2-16(3-5-17)10(6-12)7-13/h10-11H,2-5H2,1H3/q+1. The van der Waals surface area contributed by atoms with Gasteiger partial charge in [0.1, 0.15) is 6.07 Å². The molecule has 0 aromatic rings. The number of nitrogens with zero attached hydrogens (tertiary/aromatic N) is 6. The molecule has 0 bridgehead atoms. The van der Waals surface area contributed by atoms with Crippen LogP contribution < -0.4 is 0 Å². The van der Waals surface area contributed by atoms with Gasteiger partial charge in [0.2, 0.25) is 6.04 Å². The molecule has 1 aliphatic rings. The average molecular weight is 229 g/mol. The quantitative estimate of drug-likeness (QED) is 0.659. The van der Waals surface area contributed by atoms with Crippen molar-refractivity contribution in [2.45, 2.75) is 12.1 Å². The van der Waals surface area contributed by atoms with Crippen LogP contribution in [0.1, 0.15) is 0 Å². The predicted molar refractivity (Wildman–Crippen MR) is 60.7 cm³/mol. The largest absolute Gasteiger partial charge is 0.307 e. The Hall–Kier alpha value is -2.12. The van der Waals surface area contributed by atoms with Crippen LogP contribution in [0.4, 0.5) is 0 Å². The Bertz CT molecular complexity index is 418. The fourth-order valence-electron chi connectivity index (χ4n) is 1.76. The van der Waals surface area contributed by atoms with Crippen LogP contribution in [0.2, 0.25) is 0 Å². The zero-order valence-corrected chi connectivity index (χ0v) is 9.67. The molecular formula is C11H13N6+. The molecule has 1 saturated heterocycles. The van der Waals surface area contributed by atoms with Gasteiger partial charge in [0.25, 0.3) is 7.05 Å². The fourth-order valence-corrected chi connectivity index (χ4v) is 1.76. The number of rotatable bonds is 2. The van der Waals surface area contributed by atoms with Gasteiger partial charge in [-0.3, -0.25) is 9.80 Å². The summed E-state index contributed by atoms with van der Waals surface area (Å²) in [6.45, 7) is 2.49. The molecule has 0 aliphatic carbocycles.